The maximum absolute atomic E-state index is 14.7. The predicted octanol–water partition coefficient (Wildman–Crippen LogP) is 6.09. The van der Waals surface area contributed by atoms with Crippen molar-refractivity contribution in [1.82, 2.24) is 9.38 Å². The van der Waals surface area contributed by atoms with E-state index in [-0.39, 0.29) is 12.6 Å². The Labute approximate surface area is 219 Å². The molecule has 0 N–H and O–H groups in total. The Morgan fingerprint density at radius 1 is 1.05 bits per heavy atom. The minimum atomic E-state index is -0.947. The van der Waals surface area contributed by atoms with Crippen LogP contribution in [0.3, 0.4) is 0 Å². The molecular weight excluding hydrogens is 483 g/mol. The highest BCUT2D eigenvalue weighted by Gasteiger charge is 2.43. The molecule has 1 saturated heterocycles. The second kappa shape index (κ2) is 9.91. The summed E-state index contributed by atoms with van der Waals surface area (Å²) in [6.07, 6.45) is 4.58. The summed E-state index contributed by atoms with van der Waals surface area (Å²) in [5.41, 5.74) is 4.61. The summed E-state index contributed by atoms with van der Waals surface area (Å²) in [4.78, 5) is 17.3. The molecule has 5 aromatic rings. The third kappa shape index (κ3) is 4.29. The van der Waals surface area contributed by atoms with Gasteiger partial charge in [0.2, 0.25) is 0 Å². The monoisotopic (exact) mass is 510 g/mol. The molecule has 0 spiro atoms. The number of hydrogen-bond acceptors (Lipinski definition) is 5. The molecule has 0 bridgehead atoms. The number of methoxy groups -OCH3 is 1. The molecule has 38 heavy (non-hydrogen) atoms. The van der Waals surface area contributed by atoms with Crippen molar-refractivity contribution in [1.29, 1.82) is 0 Å². The fourth-order valence-corrected chi connectivity index (χ4v) is 5.40. The zero-order chi connectivity index (χ0) is 26.1. The molecule has 0 aliphatic carbocycles. The van der Waals surface area contributed by atoms with Gasteiger partial charge in [-0.1, -0.05) is 42.5 Å². The van der Waals surface area contributed by atoms with Crippen LogP contribution in [-0.2, 0) is 26.3 Å². The molecule has 0 atom stereocenters. The van der Waals surface area contributed by atoms with Crippen molar-refractivity contribution in [3.05, 3.63) is 102 Å². The van der Waals surface area contributed by atoms with Gasteiger partial charge in [-0.05, 0) is 59.4 Å². The summed E-state index contributed by atoms with van der Waals surface area (Å²) in [5.74, 6) is -0.482. The molecule has 0 unspecified atom stereocenters. The van der Waals surface area contributed by atoms with Crippen molar-refractivity contribution >= 4 is 22.5 Å². The van der Waals surface area contributed by atoms with Crippen LogP contribution in [-0.4, -0.2) is 35.7 Å². The molecule has 1 aliphatic rings. The number of carbonyl (C=O) groups excluding carboxylic acids is 1. The summed E-state index contributed by atoms with van der Waals surface area (Å²) >= 11 is 0. The van der Waals surface area contributed by atoms with Gasteiger partial charge in [-0.2, -0.15) is 0 Å². The van der Waals surface area contributed by atoms with Crippen molar-refractivity contribution in [3.8, 4) is 16.9 Å². The Morgan fingerprint density at radius 3 is 2.66 bits per heavy atom. The maximum Gasteiger partial charge on any atom is 0.316 e. The summed E-state index contributed by atoms with van der Waals surface area (Å²) in [7, 11) is 1.36. The van der Waals surface area contributed by atoms with E-state index in [9.17, 15) is 9.18 Å². The number of hydrogen-bond donors (Lipinski definition) is 0. The van der Waals surface area contributed by atoms with E-state index in [0.717, 1.165) is 33.2 Å². The van der Waals surface area contributed by atoms with E-state index in [0.29, 0.717) is 37.4 Å². The van der Waals surface area contributed by atoms with Crippen LogP contribution in [0.5, 0.6) is 5.75 Å². The number of imidazole rings is 1. The average Bonchev–Trinajstić information content (AvgIpc) is 3.45. The summed E-state index contributed by atoms with van der Waals surface area (Å²) < 4.78 is 33.4. The van der Waals surface area contributed by atoms with Gasteiger partial charge < -0.3 is 14.2 Å². The van der Waals surface area contributed by atoms with Crippen LogP contribution in [0.2, 0.25) is 0 Å². The maximum atomic E-state index is 14.7. The average molecular weight is 511 g/mol. The van der Waals surface area contributed by atoms with Gasteiger partial charge in [0, 0.05) is 37.1 Å². The van der Waals surface area contributed by atoms with Gasteiger partial charge in [0.1, 0.15) is 23.8 Å². The molecule has 1 aliphatic heterocycles. The van der Waals surface area contributed by atoms with E-state index in [2.05, 4.69) is 39.7 Å². The molecule has 0 saturated carbocycles. The number of pyridine rings is 1. The van der Waals surface area contributed by atoms with E-state index in [1.165, 1.54) is 19.2 Å². The number of aromatic nitrogens is 2. The molecular formula is C31H27FN2O4. The number of nitrogens with zero attached hydrogens (tertiary/aromatic N) is 2. The normalized spacial score (nSPS) is 15.0. The van der Waals surface area contributed by atoms with Gasteiger partial charge >= 0.3 is 5.97 Å². The van der Waals surface area contributed by atoms with E-state index in [1.807, 2.05) is 30.5 Å². The predicted molar refractivity (Wildman–Crippen MR) is 143 cm³/mol. The first-order valence-corrected chi connectivity index (χ1v) is 12.6. The van der Waals surface area contributed by atoms with Crippen LogP contribution in [0.4, 0.5) is 4.39 Å². The first-order chi connectivity index (χ1) is 18.6. The minimum absolute atomic E-state index is 0.235. The Morgan fingerprint density at radius 2 is 1.87 bits per heavy atom. The van der Waals surface area contributed by atoms with Gasteiger partial charge in [0.15, 0.2) is 0 Å². The second-order valence-electron chi connectivity index (χ2n) is 9.58. The SMILES string of the molecule is COC(=O)C1(c2cc(F)cc(OCc3ccc4c(-c5ccccc5)cc5nccn5c4c3)c2)CCOCC1. The fourth-order valence-electron chi connectivity index (χ4n) is 5.40. The lowest BCUT2D eigenvalue weighted by Gasteiger charge is -2.35. The quantitative estimate of drug-likeness (QED) is 0.259. The van der Waals surface area contributed by atoms with Gasteiger partial charge in [-0.25, -0.2) is 9.37 Å². The Hall–Kier alpha value is -4.23. The summed E-state index contributed by atoms with van der Waals surface area (Å²) in [5, 5.41) is 1.10. The Bertz CT molecular complexity index is 1620. The van der Waals surface area contributed by atoms with Crippen LogP contribution in [0.1, 0.15) is 24.0 Å². The zero-order valence-electron chi connectivity index (χ0n) is 21.0. The molecule has 6 rings (SSSR count). The van der Waals surface area contributed by atoms with Crippen molar-refractivity contribution < 1.29 is 23.4 Å². The zero-order valence-corrected chi connectivity index (χ0v) is 21.0. The number of rotatable bonds is 6. The van der Waals surface area contributed by atoms with Crippen LogP contribution in [0.15, 0.2) is 85.2 Å². The van der Waals surface area contributed by atoms with Crippen LogP contribution < -0.4 is 4.74 Å². The summed E-state index contributed by atoms with van der Waals surface area (Å²) in [6.45, 7) is 1.05. The first kappa shape index (κ1) is 24.1. The van der Waals surface area contributed by atoms with Gasteiger partial charge in [-0.15, -0.1) is 0 Å². The topological polar surface area (TPSA) is 62.1 Å². The highest BCUT2D eigenvalue weighted by atomic mass is 19.1. The molecule has 3 aromatic carbocycles. The second-order valence-corrected chi connectivity index (χ2v) is 9.58. The molecule has 0 radical (unpaired) electrons. The Kier molecular flexibility index (Phi) is 6.29. The van der Waals surface area contributed by atoms with E-state index in [4.69, 9.17) is 14.2 Å². The number of carbonyl (C=O) groups is 1. The van der Waals surface area contributed by atoms with Crippen LogP contribution >= 0.6 is 0 Å². The van der Waals surface area contributed by atoms with E-state index in [1.54, 1.807) is 12.3 Å². The molecule has 0 amide bonds. The van der Waals surface area contributed by atoms with E-state index >= 15 is 0 Å². The van der Waals surface area contributed by atoms with E-state index < -0.39 is 11.2 Å². The largest absolute Gasteiger partial charge is 0.489 e. The fraction of sp³-hybridized carbons (Fsp3) is 0.226. The number of esters is 1. The summed E-state index contributed by atoms with van der Waals surface area (Å²) in [6, 6.07) is 23.0. The lowest BCUT2D eigenvalue weighted by molar-refractivity contribution is -0.151. The molecule has 2 aromatic heterocycles. The van der Waals surface area contributed by atoms with Crippen LogP contribution in [0.25, 0.3) is 27.7 Å². The lowest BCUT2D eigenvalue weighted by atomic mass is 9.74. The Balaban J connectivity index is 1.33. The molecule has 6 nitrogen and oxygen atoms in total. The lowest BCUT2D eigenvalue weighted by Crippen LogP contribution is -2.42. The smallest absolute Gasteiger partial charge is 0.316 e. The third-order valence-electron chi connectivity index (χ3n) is 7.39. The minimum Gasteiger partial charge on any atom is -0.489 e. The van der Waals surface area contributed by atoms with Gasteiger partial charge in [0.05, 0.1) is 18.0 Å². The third-order valence-corrected chi connectivity index (χ3v) is 7.39. The van der Waals surface area contributed by atoms with Crippen molar-refractivity contribution in [3.63, 3.8) is 0 Å². The standard InChI is InChI=1S/C31H27FN2O4/c1-36-30(35)31(9-13-37-14-10-31)23-16-24(32)18-25(17-23)38-20-21-7-8-26-27(22-5-3-2-4-6-22)19-29-33-11-12-34(29)28(26)15-21/h2-8,11-12,15-19H,9-10,13-14,20H2,1H3. The van der Waals surface area contributed by atoms with Crippen molar-refractivity contribution in [2.24, 2.45) is 0 Å². The van der Waals surface area contributed by atoms with Gasteiger partial charge in [0.25, 0.3) is 0 Å². The molecule has 3 heterocycles. The highest BCUT2D eigenvalue weighted by molar-refractivity contribution is 5.97. The highest BCUT2D eigenvalue weighted by Crippen LogP contribution is 2.38. The molecule has 1 fully saturated rings. The number of fused-ring (bicyclic) bond motifs is 3. The molecule has 7 heteroatoms. The number of halogens is 1. The van der Waals surface area contributed by atoms with Crippen molar-refractivity contribution in [2.75, 3.05) is 20.3 Å². The first-order valence-electron chi connectivity index (χ1n) is 12.6. The number of benzene rings is 3. The van der Waals surface area contributed by atoms with Crippen molar-refractivity contribution in [2.45, 2.75) is 24.9 Å². The molecule has 192 valence electrons. The van der Waals surface area contributed by atoms with Gasteiger partial charge in [-0.3, -0.25) is 9.20 Å². The number of ether oxygens (including phenoxy) is 3. The van der Waals surface area contributed by atoms with Crippen LogP contribution in [0, 0.1) is 5.82 Å².